The lowest BCUT2D eigenvalue weighted by Gasteiger charge is -2.40. The number of rotatable bonds is 6. The van der Waals surface area contributed by atoms with Gasteiger partial charge in [-0.1, -0.05) is 35.9 Å². The molecule has 7 heteroatoms. The van der Waals surface area contributed by atoms with Crippen molar-refractivity contribution in [3.05, 3.63) is 64.2 Å². The number of hydrogen-bond acceptors (Lipinski definition) is 6. The average Bonchev–Trinajstić information content (AvgIpc) is 2.69. The zero-order valence-electron chi connectivity index (χ0n) is 16.4. The number of aliphatic hydroxyl groups excluding tert-OH is 4. The minimum absolute atomic E-state index is 0.102. The van der Waals surface area contributed by atoms with Crippen LogP contribution in [0.15, 0.2) is 42.5 Å². The number of ether oxygens (including phenoxy) is 2. The molecule has 0 bridgehead atoms. The first-order chi connectivity index (χ1) is 13.8. The highest BCUT2D eigenvalue weighted by atomic mass is 35.5. The van der Waals surface area contributed by atoms with E-state index in [4.69, 9.17) is 21.1 Å². The first-order valence-corrected chi connectivity index (χ1v) is 10.0. The normalized spacial score (nSPS) is 27.2. The molecule has 1 fully saturated rings. The molecule has 0 saturated carbocycles. The number of halogens is 1. The summed E-state index contributed by atoms with van der Waals surface area (Å²) in [4.78, 5) is 0. The van der Waals surface area contributed by atoms with Gasteiger partial charge in [-0.15, -0.1) is 0 Å². The lowest BCUT2D eigenvalue weighted by Crippen LogP contribution is -2.55. The van der Waals surface area contributed by atoms with Gasteiger partial charge < -0.3 is 29.9 Å². The molecule has 1 aliphatic heterocycles. The van der Waals surface area contributed by atoms with Crippen molar-refractivity contribution >= 4 is 11.6 Å². The third-order valence-corrected chi connectivity index (χ3v) is 5.35. The maximum atomic E-state index is 10.4. The molecule has 2 aromatic carbocycles. The SMILES string of the molecule is CC(C)Oc1ccc(Cc2cc([C@@H]3O[C@H](CO)[C@@H](O)[C@H](O)[C@H]3O)ccc2Cl)cc1. The lowest BCUT2D eigenvalue weighted by molar-refractivity contribution is -0.231. The van der Waals surface area contributed by atoms with Gasteiger partial charge in [-0.3, -0.25) is 0 Å². The first kappa shape index (κ1) is 22.0. The highest BCUT2D eigenvalue weighted by Crippen LogP contribution is 2.34. The Morgan fingerprint density at radius 1 is 1.00 bits per heavy atom. The fraction of sp³-hybridized carbons (Fsp3) is 0.455. The van der Waals surface area contributed by atoms with E-state index in [9.17, 15) is 20.4 Å². The predicted octanol–water partition coefficient (Wildman–Crippen LogP) is 2.23. The molecule has 2 aromatic rings. The predicted molar refractivity (Wildman–Crippen MR) is 109 cm³/mol. The van der Waals surface area contributed by atoms with Gasteiger partial charge in [0.15, 0.2) is 0 Å². The van der Waals surface area contributed by atoms with Crippen LogP contribution in [-0.4, -0.2) is 57.6 Å². The van der Waals surface area contributed by atoms with Crippen LogP contribution in [0.2, 0.25) is 5.02 Å². The van der Waals surface area contributed by atoms with Crippen LogP contribution in [0.25, 0.3) is 0 Å². The van der Waals surface area contributed by atoms with Gasteiger partial charge in [-0.25, -0.2) is 0 Å². The summed E-state index contributed by atoms with van der Waals surface area (Å²) in [5.41, 5.74) is 2.48. The summed E-state index contributed by atoms with van der Waals surface area (Å²) >= 11 is 6.37. The van der Waals surface area contributed by atoms with Gasteiger partial charge in [0.25, 0.3) is 0 Å². The fourth-order valence-corrected chi connectivity index (χ4v) is 3.65. The minimum Gasteiger partial charge on any atom is -0.491 e. The molecule has 4 N–H and O–H groups in total. The highest BCUT2D eigenvalue weighted by molar-refractivity contribution is 6.31. The van der Waals surface area contributed by atoms with E-state index in [0.717, 1.165) is 16.9 Å². The van der Waals surface area contributed by atoms with Crippen molar-refractivity contribution in [2.24, 2.45) is 0 Å². The second kappa shape index (κ2) is 9.43. The summed E-state index contributed by atoms with van der Waals surface area (Å²) in [7, 11) is 0. The van der Waals surface area contributed by atoms with Crippen LogP contribution in [-0.2, 0) is 11.2 Å². The van der Waals surface area contributed by atoms with Crippen molar-refractivity contribution in [1.82, 2.24) is 0 Å². The monoisotopic (exact) mass is 422 g/mol. The van der Waals surface area contributed by atoms with E-state index in [-0.39, 0.29) is 6.10 Å². The van der Waals surface area contributed by atoms with E-state index in [2.05, 4.69) is 0 Å². The van der Waals surface area contributed by atoms with Gasteiger partial charge in [0.2, 0.25) is 0 Å². The minimum atomic E-state index is -1.42. The van der Waals surface area contributed by atoms with Crippen LogP contribution in [0.5, 0.6) is 5.75 Å². The molecule has 0 unspecified atom stereocenters. The third-order valence-electron chi connectivity index (χ3n) is 4.98. The van der Waals surface area contributed by atoms with Crippen LogP contribution in [0.4, 0.5) is 0 Å². The van der Waals surface area contributed by atoms with Gasteiger partial charge in [0.1, 0.15) is 36.3 Å². The van der Waals surface area contributed by atoms with Crippen LogP contribution in [0, 0.1) is 0 Å². The molecular formula is C22H27ClO6. The van der Waals surface area contributed by atoms with Crippen molar-refractivity contribution in [3.63, 3.8) is 0 Å². The van der Waals surface area contributed by atoms with Gasteiger partial charge in [-0.05, 0) is 55.2 Å². The molecule has 0 spiro atoms. The zero-order valence-corrected chi connectivity index (χ0v) is 17.2. The molecule has 1 heterocycles. The maximum absolute atomic E-state index is 10.4. The Morgan fingerprint density at radius 2 is 1.69 bits per heavy atom. The number of aliphatic hydroxyl groups is 4. The van der Waals surface area contributed by atoms with Gasteiger partial charge >= 0.3 is 0 Å². The Labute approximate surface area is 175 Å². The summed E-state index contributed by atoms with van der Waals surface area (Å²) in [6.07, 6.45) is -5.30. The van der Waals surface area contributed by atoms with Crippen LogP contribution in [0.3, 0.4) is 0 Å². The second-order valence-electron chi connectivity index (χ2n) is 7.59. The second-order valence-corrected chi connectivity index (χ2v) is 7.99. The van der Waals surface area contributed by atoms with Crippen LogP contribution in [0.1, 0.15) is 36.6 Å². The number of benzene rings is 2. The molecule has 1 aliphatic rings. The Balaban J connectivity index is 1.81. The third kappa shape index (κ3) is 5.09. The molecule has 29 heavy (non-hydrogen) atoms. The molecule has 0 aliphatic carbocycles. The fourth-order valence-electron chi connectivity index (χ4n) is 3.46. The topological polar surface area (TPSA) is 99.4 Å². The van der Waals surface area contributed by atoms with Crippen molar-refractivity contribution in [3.8, 4) is 5.75 Å². The van der Waals surface area contributed by atoms with Crippen LogP contribution < -0.4 is 4.74 Å². The Kier molecular flexibility index (Phi) is 7.16. The molecule has 0 radical (unpaired) electrons. The Hall–Kier alpha value is -1.67. The van der Waals surface area contributed by atoms with Gasteiger partial charge in [0.05, 0.1) is 12.7 Å². The van der Waals surface area contributed by atoms with E-state index in [0.29, 0.717) is 17.0 Å². The summed E-state index contributed by atoms with van der Waals surface area (Å²) in [6.45, 7) is 3.48. The first-order valence-electron chi connectivity index (χ1n) is 9.64. The summed E-state index contributed by atoms with van der Waals surface area (Å²) in [5.74, 6) is 0.796. The molecule has 6 nitrogen and oxygen atoms in total. The van der Waals surface area contributed by atoms with Crippen molar-refractivity contribution < 1.29 is 29.9 Å². The molecule has 3 rings (SSSR count). The quantitative estimate of drug-likeness (QED) is 0.569. The van der Waals surface area contributed by atoms with Crippen molar-refractivity contribution in [2.45, 2.75) is 56.9 Å². The Morgan fingerprint density at radius 3 is 2.31 bits per heavy atom. The van der Waals surface area contributed by atoms with E-state index in [1.165, 1.54) is 0 Å². The van der Waals surface area contributed by atoms with Gasteiger partial charge in [0, 0.05) is 5.02 Å². The average molecular weight is 423 g/mol. The molecule has 1 saturated heterocycles. The standard InChI is InChI=1S/C22H27ClO6/c1-12(2)28-16-6-3-13(4-7-16)9-15-10-14(5-8-17(15)23)22-21(27)20(26)19(25)18(11-24)29-22/h3-8,10,12,18-22,24-27H,9,11H2,1-2H3/t18-,19-,20+,21-,22+/m1/s1. The lowest BCUT2D eigenvalue weighted by atomic mass is 9.90. The summed E-state index contributed by atoms with van der Waals surface area (Å²) in [5, 5.41) is 40.3. The summed E-state index contributed by atoms with van der Waals surface area (Å²) < 4.78 is 11.3. The molecular weight excluding hydrogens is 396 g/mol. The van der Waals surface area contributed by atoms with Crippen LogP contribution >= 0.6 is 11.6 Å². The maximum Gasteiger partial charge on any atom is 0.119 e. The highest BCUT2D eigenvalue weighted by Gasteiger charge is 2.43. The molecule has 158 valence electrons. The number of hydrogen-bond donors (Lipinski definition) is 4. The smallest absolute Gasteiger partial charge is 0.119 e. The van der Waals surface area contributed by atoms with Crippen molar-refractivity contribution in [2.75, 3.05) is 6.61 Å². The Bertz CT molecular complexity index is 807. The van der Waals surface area contributed by atoms with E-state index in [1.807, 2.05) is 44.2 Å². The zero-order chi connectivity index (χ0) is 21.1. The van der Waals surface area contributed by atoms with E-state index in [1.54, 1.807) is 12.1 Å². The molecule has 0 amide bonds. The van der Waals surface area contributed by atoms with E-state index < -0.39 is 37.1 Å². The largest absolute Gasteiger partial charge is 0.491 e. The summed E-state index contributed by atoms with van der Waals surface area (Å²) in [6, 6.07) is 13.0. The van der Waals surface area contributed by atoms with Gasteiger partial charge in [-0.2, -0.15) is 0 Å². The van der Waals surface area contributed by atoms with E-state index >= 15 is 0 Å². The molecule has 5 atom stereocenters. The van der Waals surface area contributed by atoms with Crippen molar-refractivity contribution in [1.29, 1.82) is 0 Å². The molecule has 0 aromatic heterocycles.